The Hall–Kier alpha value is -1.60. The van der Waals surface area contributed by atoms with Crippen molar-refractivity contribution in [3.8, 4) is 0 Å². The van der Waals surface area contributed by atoms with Crippen LogP contribution in [0.3, 0.4) is 0 Å². The molecule has 6 nitrogen and oxygen atoms in total. The van der Waals surface area contributed by atoms with E-state index in [0.717, 1.165) is 17.1 Å². The maximum Gasteiger partial charge on any atom is 0.354 e. The molecule has 1 aliphatic rings. The molecule has 0 unspecified atom stereocenters. The van der Waals surface area contributed by atoms with Gasteiger partial charge in [0.05, 0.1) is 13.2 Å². The Morgan fingerprint density at radius 1 is 1.38 bits per heavy atom. The van der Waals surface area contributed by atoms with Gasteiger partial charge in [-0.2, -0.15) is 0 Å². The van der Waals surface area contributed by atoms with E-state index in [1.54, 1.807) is 23.9 Å². The Kier molecular flexibility index (Phi) is 6.01. The molecule has 114 valence electrons. The van der Waals surface area contributed by atoms with Crippen molar-refractivity contribution in [2.24, 2.45) is 0 Å². The van der Waals surface area contributed by atoms with Gasteiger partial charge in [-0.25, -0.2) is 9.78 Å². The molecule has 0 aromatic carbocycles. The van der Waals surface area contributed by atoms with Crippen LogP contribution in [0.5, 0.6) is 0 Å². The number of morpholine rings is 1. The predicted molar refractivity (Wildman–Crippen MR) is 78.6 cm³/mol. The Balaban J connectivity index is 1.70. The molecule has 21 heavy (non-hydrogen) atoms. The summed E-state index contributed by atoms with van der Waals surface area (Å²) in [5, 5.41) is 8.87. The van der Waals surface area contributed by atoms with Gasteiger partial charge in [-0.15, -0.1) is 11.8 Å². The van der Waals surface area contributed by atoms with Crippen LogP contribution in [-0.2, 0) is 9.53 Å². The highest BCUT2D eigenvalue weighted by Gasteiger charge is 2.16. The van der Waals surface area contributed by atoms with Crippen molar-refractivity contribution >= 4 is 23.6 Å². The normalized spacial score (nSPS) is 15.0. The number of thioether (sulfide) groups is 1. The lowest BCUT2D eigenvalue weighted by molar-refractivity contribution is -0.135. The zero-order valence-electron chi connectivity index (χ0n) is 11.7. The van der Waals surface area contributed by atoms with Crippen LogP contribution >= 0.6 is 11.8 Å². The van der Waals surface area contributed by atoms with Gasteiger partial charge < -0.3 is 14.7 Å². The van der Waals surface area contributed by atoms with E-state index < -0.39 is 5.97 Å². The summed E-state index contributed by atoms with van der Waals surface area (Å²) in [6.07, 6.45) is 2.78. The highest BCUT2D eigenvalue weighted by molar-refractivity contribution is 7.99. The standard InChI is InChI=1S/C14H18N2O4S/c17-13(16-5-7-20-8-6-16)2-1-9-21-11-3-4-15-12(10-11)14(18)19/h3-4,10H,1-2,5-9H2,(H,18,19). The molecule has 2 heterocycles. The molecule has 2 rings (SSSR count). The van der Waals surface area contributed by atoms with E-state index in [1.165, 1.54) is 6.20 Å². The van der Waals surface area contributed by atoms with Crippen LogP contribution < -0.4 is 0 Å². The number of ether oxygens (including phenoxy) is 1. The number of rotatable bonds is 6. The van der Waals surface area contributed by atoms with Gasteiger partial charge in [0.15, 0.2) is 0 Å². The SMILES string of the molecule is O=C(O)c1cc(SCCCC(=O)N2CCOCC2)ccn1. The van der Waals surface area contributed by atoms with Crippen molar-refractivity contribution in [3.63, 3.8) is 0 Å². The summed E-state index contributed by atoms with van der Waals surface area (Å²) < 4.78 is 5.21. The Labute approximate surface area is 127 Å². The highest BCUT2D eigenvalue weighted by atomic mass is 32.2. The number of nitrogens with zero attached hydrogens (tertiary/aromatic N) is 2. The van der Waals surface area contributed by atoms with Gasteiger partial charge in [-0.1, -0.05) is 0 Å². The monoisotopic (exact) mass is 310 g/mol. The molecule has 7 heteroatoms. The van der Waals surface area contributed by atoms with E-state index in [-0.39, 0.29) is 11.6 Å². The number of aromatic nitrogens is 1. The van der Waals surface area contributed by atoms with Gasteiger partial charge in [0.25, 0.3) is 0 Å². The van der Waals surface area contributed by atoms with Gasteiger partial charge in [0.2, 0.25) is 5.91 Å². The van der Waals surface area contributed by atoms with Crippen LogP contribution in [0.1, 0.15) is 23.3 Å². The second-order valence-corrected chi connectivity index (χ2v) is 5.80. The number of hydrogen-bond acceptors (Lipinski definition) is 5. The molecular weight excluding hydrogens is 292 g/mol. The summed E-state index contributed by atoms with van der Waals surface area (Å²) in [6, 6.07) is 3.33. The molecule has 0 radical (unpaired) electrons. The Morgan fingerprint density at radius 2 is 2.14 bits per heavy atom. The quantitative estimate of drug-likeness (QED) is 0.634. The number of pyridine rings is 1. The van der Waals surface area contributed by atoms with Crippen molar-refractivity contribution in [1.82, 2.24) is 9.88 Å². The minimum atomic E-state index is -1.03. The summed E-state index contributed by atoms with van der Waals surface area (Å²) in [6.45, 7) is 2.60. The molecular formula is C14H18N2O4S. The maximum atomic E-state index is 11.9. The van der Waals surface area contributed by atoms with E-state index in [2.05, 4.69) is 4.98 Å². The van der Waals surface area contributed by atoms with Gasteiger partial charge in [-0.3, -0.25) is 4.79 Å². The first-order valence-electron chi connectivity index (χ1n) is 6.84. The van der Waals surface area contributed by atoms with Crippen molar-refractivity contribution in [1.29, 1.82) is 0 Å². The summed E-state index contributed by atoms with van der Waals surface area (Å²) in [4.78, 5) is 29.2. The summed E-state index contributed by atoms with van der Waals surface area (Å²) >= 11 is 1.54. The van der Waals surface area contributed by atoms with Gasteiger partial charge in [0, 0.05) is 30.6 Å². The predicted octanol–water partition coefficient (Wildman–Crippen LogP) is 1.51. The summed E-state index contributed by atoms with van der Waals surface area (Å²) in [7, 11) is 0. The van der Waals surface area contributed by atoms with Crippen molar-refractivity contribution in [2.75, 3.05) is 32.1 Å². The Bertz CT molecular complexity index is 504. The molecule has 0 aliphatic carbocycles. The van der Waals surface area contributed by atoms with E-state index in [0.29, 0.717) is 32.7 Å². The van der Waals surface area contributed by atoms with Crippen molar-refractivity contribution in [3.05, 3.63) is 24.0 Å². The van der Waals surface area contributed by atoms with E-state index in [1.807, 2.05) is 4.90 Å². The zero-order valence-corrected chi connectivity index (χ0v) is 12.5. The molecule has 1 fully saturated rings. The van der Waals surface area contributed by atoms with Crippen molar-refractivity contribution < 1.29 is 19.4 Å². The second kappa shape index (κ2) is 7.99. The van der Waals surface area contributed by atoms with E-state index in [9.17, 15) is 9.59 Å². The Morgan fingerprint density at radius 3 is 2.86 bits per heavy atom. The lowest BCUT2D eigenvalue weighted by atomic mass is 10.3. The van der Waals surface area contributed by atoms with Gasteiger partial charge in [0.1, 0.15) is 5.69 Å². The first kappa shape index (κ1) is 15.8. The highest BCUT2D eigenvalue weighted by Crippen LogP contribution is 2.19. The minimum Gasteiger partial charge on any atom is -0.477 e. The largest absolute Gasteiger partial charge is 0.477 e. The summed E-state index contributed by atoms with van der Waals surface area (Å²) in [5.74, 6) is -0.0844. The topological polar surface area (TPSA) is 79.7 Å². The lowest BCUT2D eigenvalue weighted by Crippen LogP contribution is -2.40. The number of carboxylic acids is 1. The molecule has 0 saturated carbocycles. The van der Waals surface area contributed by atoms with Crippen molar-refractivity contribution in [2.45, 2.75) is 17.7 Å². The van der Waals surface area contributed by atoms with E-state index >= 15 is 0 Å². The number of carbonyl (C=O) groups is 2. The third kappa shape index (κ3) is 5.02. The number of hydrogen-bond donors (Lipinski definition) is 1. The van der Waals surface area contributed by atoms with Gasteiger partial charge in [-0.05, 0) is 24.3 Å². The minimum absolute atomic E-state index is 0.0457. The third-order valence-corrected chi connectivity index (χ3v) is 4.20. The first-order valence-corrected chi connectivity index (χ1v) is 7.83. The van der Waals surface area contributed by atoms with Crippen LogP contribution in [0.25, 0.3) is 0 Å². The third-order valence-electron chi connectivity index (χ3n) is 3.12. The van der Waals surface area contributed by atoms with E-state index in [4.69, 9.17) is 9.84 Å². The fraction of sp³-hybridized carbons (Fsp3) is 0.500. The molecule has 1 amide bonds. The average molecular weight is 310 g/mol. The second-order valence-electron chi connectivity index (χ2n) is 4.63. The molecule has 1 N–H and O–H groups in total. The number of aromatic carboxylic acids is 1. The molecule has 1 aromatic heterocycles. The molecule has 1 aliphatic heterocycles. The number of amides is 1. The molecule has 0 atom stereocenters. The summed E-state index contributed by atoms with van der Waals surface area (Å²) in [5.41, 5.74) is 0.0457. The van der Waals surface area contributed by atoms with Crippen LogP contribution in [0.2, 0.25) is 0 Å². The number of carbonyl (C=O) groups excluding carboxylic acids is 1. The first-order chi connectivity index (χ1) is 10.2. The van der Waals surface area contributed by atoms with Crippen LogP contribution in [0.4, 0.5) is 0 Å². The molecule has 0 spiro atoms. The fourth-order valence-electron chi connectivity index (χ4n) is 2.00. The van der Waals surface area contributed by atoms with Crippen LogP contribution in [-0.4, -0.2) is 58.9 Å². The zero-order chi connectivity index (χ0) is 15.1. The van der Waals surface area contributed by atoms with Gasteiger partial charge >= 0.3 is 5.97 Å². The molecule has 0 bridgehead atoms. The maximum absolute atomic E-state index is 11.9. The van der Waals surface area contributed by atoms with Crippen LogP contribution in [0.15, 0.2) is 23.2 Å². The molecule has 1 saturated heterocycles. The van der Waals surface area contributed by atoms with Crippen LogP contribution in [0, 0.1) is 0 Å². The lowest BCUT2D eigenvalue weighted by Gasteiger charge is -2.26. The average Bonchev–Trinajstić information content (AvgIpc) is 2.52. The smallest absolute Gasteiger partial charge is 0.354 e. The fourth-order valence-corrected chi connectivity index (χ4v) is 2.88. The number of carboxylic acid groups (broad SMARTS) is 1. The molecule has 1 aromatic rings.